The van der Waals surface area contributed by atoms with Crippen LogP contribution in [0.1, 0.15) is 34.6 Å². The van der Waals surface area contributed by atoms with E-state index in [2.05, 4.69) is 0 Å². The molecular formula is C15H19NO3. The summed E-state index contributed by atoms with van der Waals surface area (Å²) in [6.07, 6.45) is 0. The van der Waals surface area contributed by atoms with Gasteiger partial charge >= 0.3 is 0 Å². The maximum Gasteiger partial charge on any atom is 0.254 e. The van der Waals surface area contributed by atoms with Crippen LogP contribution in [0, 0.1) is 5.92 Å². The van der Waals surface area contributed by atoms with Gasteiger partial charge in [0, 0.05) is 30.1 Å². The zero-order valence-electron chi connectivity index (χ0n) is 11.4. The van der Waals surface area contributed by atoms with E-state index in [1.807, 2.05) is 13.8 Å². The number of carbonyl (C=O) groups is 2. The third-order valence-electron chi connectivity index (χ3n) is 3.24. The van der Waals surface area contributed by atoms with Crippen molar-refractivity contribution in [3.05, 3.63) is 35.4 Å². The Balaban J connectivity index is 2.09. The first-order valence-electron chi connectivity index (χ1n) is 6.61. The van der Waals surface area contributed by atoms with Gasteiger partial charge in [0.2, 0.25) is 0 Å². The number of benzene rings is 1. The molecule has 1 heterocycles. The normalized spacial score (nSPS) is 15.6. The summed E-state index contributed by atoms with van der Waals surface area (Å²) in [7, 11) is 0. The van der Waals surface area contributed by atoms with E-state index < -0.39 is 0 Å². The monoisotopic (exact) mass is 261 g/mol. The van der Waals surface area contributed by atoms with Crippen molar-refractivity contribution in [2.24, 2.45) is 5.92 Å². The van der Waals surface area contributed by atoms with Crippen molar-refractivity contribution < 1.29 is 14.3 Å². The number of carbonyl (C=O) groups excluding carboxylic acids is 2. The number of ketones is 1. The predicted octanol–water partition coefficient (Wildman–Crippen LogP) is 2.00. The van der Waals surface area contributed by atoms with Crippen LogP contribution in [0.3, 0.4) is 0 Å². The van der Waals surface area contributed by atoms with Crippen molar-refractivity contribution in [1.82, 2.24) is 4.90 Å². The predicted molar refractivity (Wildman–Crippen MR) is 72.3 cm³/mol. The highest BCUT2D eigenvalue weighted by Crippen LogP contribution is 2.12. The molecule has 1 aliphatic heterocycles. The SMILES string of the molecule is CC(C)C(=O)c1ccc(C(=O)N2CCOCC2)cc1. The Morgan fingerprint density at radius 1 is 1.05 bits per heavy atom. The fourth-order valence-corrected chi connectivity index (χ4v) is 2.06. The fourth-order valence-electron chi connectivity index (χ4n) is 2.06. The maximum absolute atomic E-state index is 12.2. The first kappa shape index (κ1) is 13.7. The number of amides is 1. The van der Waals surface area contributed by atoms with Gasteiger partial charge in [-0.25, -0.2) is 0 Å². The van der Waals surface area contributed by atoms with Crippen LogP contribution in [-0.2, 0) is 4.74 Å². The van der Waals surface area contributed by atoms with Gasteiger partial charge in [0.15, 0.2) is 5.78 Å². The number of nitrogens with zero attached hydrogens (tertiary/aromatic N) is 1. The van der Waals surface area contributed by atoms with Crippen LogP contribution in [0.15, 0.2) is 24.3 Å². The Bertz CT molecular complexity index is 459. The molecule has 1 amide bonds. The Kier molecular flexibility index (Phi) is 4.32. The number of morpholine rings is 1. The summed E-state index contributed by atoms with van der Waals surface area (Å²) in [6.45, 7) is 6.19. The van der Waals surface area contributed by atoms with Gasteiger partial charge in [-0.15, -0.1) is 0 Å². The van der Waals surface area contributed by atoms with Gasteiger partial charge in [-0.3, -0.25) is 9.59 Å². The number of hydrogen-bond acceptors (Lipinski definition) is 3. The van der Waals surface area contributed by atoms with Gasteiger partial charge in [-0.1, -0.05) is 26.0 Å². The average molecular weight is 261 g/mol. The Morgan fingerprint density at radius 3 is 2.11 bits per heavy atom. The van der Waals surface area contributed by atoms with Crippen molar-refractivity contribution in [2.45, 2.75) is 13.8 Å². The molecule has 0 N–H and O–H groups in total. The van der Waals surface area contributed by atoms with Crippen LogP contribution < -0.4 is 0 Å². The smallest absolute Gasteiger partial charge is 0.254 e. The molecular weight excluding hydrogens is 242 g/mol. The van der Waals surface area contributed by atoms with Gasteiger partial charge in [0.25, 0.3) is 5.91 Å². The zero-order chi connectivity index (χ0) is 13.8. The van der Waals surface area contributed by atoms with Crippen molar-refractivity contribution in [1.29, 1.82) is 0 Å². The second kappa shape index (κ2) is 5.97. The molecule has 0 aliphatic carbocycles. The summed E-state index contributed by atoms with van der Waals surface area (Å²) >= 11 is 0. The van der Waals surface area contributed by atoms with E-state index in [9.17, 15) is 9.59 Å². The molecule has 4 nitrogen and oxygen atoms in total. The maximum atomic E-state index is 12.2. The standard InChI is InChI=1S/C15H19NO3/c1-11(2)14(17)12-3-5-13(6-4-12)15(18)16-7-9-19-10-8-16/h3-6,11H,7-10H2,1-2H3. The fraction of sp³-hybridized carbons (Fsp3) is 0.467. The average Bonchev–Trinajstić information content (AvgIpc) is 2.46. The van der Waals surface area contributed by atoms with Crippen LogP contribution in [0.2, 0.25) is 0 Å². The summed E-state index contributed by atoms with van der Waals surface area (Å²) < 4.78 is 5.22. The lowest BCUT2D eigenvalue weighted by molar-refractivity contribution is 0.0303. The largest absolute Gasteiger partial charge is 0.378 e. The van der Waals surface area contributed by atoms with E-state index in [0.29, 0.717) is 37.4 Å². The van der Waals surface area contributed by atoms with E-state index in [1.165, 1.54) is 0 Å². The van der Waals surface area contributed by atoms with Gasteiger partial charge in [0.1, 0.15) is 0 Å². The van der Waals surface area contributed by atoms with Crippen LogP contribution in [0.4, 0.5) is 0 Å². The molecule has 0 radical (unpaired) electrons. The minimum atomic E-state index is -0.0270. The first-order chi connectivity index (χ1) is 9.09. The molecule has 1 aliphatic rings. The van der Waals surface area contributed by atoms with E-state index in [4.69, 9.17) is 4.74 Å². The molecule has 102 valence electrons. The van der Waals surface area contributed by atoms with E-state index in [0.717, 1.165) is 0 Å². The lowest BCUT2D eigenvalue weighted by Crippen LogP contribution is -2.40. The van der Waals surface area contributed by atoms with Crippen molar-refractivity contribution in [3.63, 3.8) is 0 Å². The third-order valence-corrected chi connectivity index (χ3v) is 3.24. The summed E-state index contributed by atoms with van der Waals surface area (Å²) in [6, 6.07) is 6.92. The number of Topliss-reactive ketones (excluding diaryl/α,β-unsaturated/α-hetero) is 1. The lowest BCUT2D eigenvalue weighted by atomic mass is 10.00. The molecule has 4 heteroatoms. The summed E-state index contributed by atoms with van der Waals surface area (Å²) in [4.78, 5) is 25.8. The zero-order valence-corrected chi connectivity index (χ0v) is 11.4. The highest BCUT2D eigenvalue weighted by atomic mass is 16.5. The molecule has 19 heavy (non-hydrogen) atoms. The molecule has 0 atom stereocenters. The number of rotatable bonds is 3. The van der Waals surface area contributed by atoms with Crippen LogP contribution in [-0.4, -0.2) is 42.9 Å². The first-order valence-corrected chi connectivity index (χ1v) is 6.61. The molecule has 0 aromatic heterocycles. The minimum absolute atomic E-state index is 0.00634. The van der Waals surface area contributed by atoms with Crippen molar-refractivity contribution in [2.75, 3.05) is 26.3 Å². The molecule has 1 fully saturated rings. The van der Waals surface area contributed by atoms with Crippen molar-refractivity contribution in [3.8, 4) is 0 Å². The van der Waals surface area contributed by atoms with Gasteiger partial charge in [-0.2, -0.15) is 0 Å². The molecule has 0 spiro atoms. The second-order valence-electron chi connectivity index (χ2n) is 5.00. The molecule has 1 aromatic carbocycles. The van der Waals surface area contributed by atoms with E-state index in [1.54, 1.807) is 29.2 Å². The van der Waals surface area contributed by atoms with E-state index in [-0.39, 0.29) is 17.6 Å². The van der Waals surface area contributed by atoms with Crippen LogP contribution in [0.5, 0.6) is 0 Å². The Morgan fingerprint density at radius 2 is 1.58 bits per heavy atom. The summed E-state index contributed by atoms with van der Waals surface area (Å²) in [5.74, 6) is 0.0815. The highest BCUT2D eigenvalue weighted by molar-refractivity contribution is 5.99. The third kappa shape index (κ3) is 3.20. The van der Waals surface area contributed by atoms with Crippen molar-refractivity contribution >= 4 is 11.7 Å². The van der Waals surface area contributed by atoms with Gasteiger partial charge in [0.05, 0.1) is 13.2 Å². The molecule has 1 aromatic rings. The van der Waals surface area contributed by atoms with E-state index >= 15 is 0 Å². The lowest BCUT2D eigenvalue weighted by Gasteiger charge is -2.26. The quantitative estimate of drug-likeness (QED) is 0.782. The molecule has 1 saturated heterocycles. The molecule has 0 unspecified atom stereocenters. The molecule has 0 bridgehead atoms. The Labute approximate surface area is 113 Å². The topological polar surface area (TPSA) is 46.6 Å². The Hall–Kier alpha value is -1.68. The second-order valence-corrected chi connectivity index (χ2v) is 5.00. The highest BCUT2D eigenvalue weighted by Gasteiger charge is 2.19. The number of hydrogen-bond donors (Lipinski definition) is 0. The van der Waals surface area contributed by atoms with Gasteiger partial charge in [-0.05, 0) is 12.1 Å². The number of ether oxygens (including phenoxy) is 1. The van der Waals surface area contributed by atoms with Gasteiger partial charge < -0.3 is 9.64 Å². The van der Waals surface area contributed by atoms with Crippen LogP contribution in [0.25, 0.3) is 0 Å². The molecule has 0 saturated carbocycles. The summed E-state index contributed by atoms with van der Waals surface area (Å²) in [5.41, 5.74) is 1.29. The van der Waals surface area contributed by atoms with Crippen LogP contribution >= 0.6 is 0 Å². The summed E-state index contributed by atoms with van der Waals surface area (Å²) in [5, 5.41) is 0. The minimum Gasteiger partial charge on any atom is -0.378 e. The molecule has 2 rings (SSSR count).